The summed E-state index contributed by atoms with van der Waals surface area (Å²) in [4.78, 5) is 3.30. The molecule has 0 atom stereocenters. The first-order chi connectivity index (χ1) is 6.90. The molecule has 15 heavy (non-hydrogen) atoms. The molecule has 1 aromatic heterocycles. The van der Waals surface area contributed by atoms with Gasteiger partial charge in [0, 0.05) is 6.07 Å². The third kappa shape index (κ3) is 3.81. The Kier molecular flexibility index (Phi) is 3.09. The van der Waals surface area contributed by atoms with E-state index in [4.69, 9.17) is 5.26 Å². The summed E-state index contributed by atoms with van der Waals surface area (Å²) in [6, 6.07) is 3.00. The third-order valence-electron chi connectivity index (χ3n) is 1.30. The molecule has 1 rings (SSSR count). The van der Waals surface area contributed by atoms with Gasteiger partial charge in [0.05, 0.1) is 18.2 Å². The molecule has 0 saturated carbocycles. The Morgan fingerprint density at radius 2 is 2.07 bits per heavy atom. The zero-order valence-electron chi connectivity index (χ0n) is 7.18. The predicted molar refractivity (Wildman–Crippen MR) is 40.2 cm³/mol. The molecule has 0 fully saturated rings. The number of rotatable bonds is 2. The average molecular weight is 220 g/mol. The van der Waals surface area contributed by atoms with Gasteiger partial charge in [-0.2, -0.15) is 5.26 Å². The van der Waals surface area contributed by atoms with Crippen LogP contribution in [0.25, 0.3) is 0 Å². The fraction of sp³-hybridized carbons (Fsp3) is 0.250. The Bertz CT molecular complexity index is 397. The normalized spacial score (nSPS) is 10.9. The number of aromatic nitrogens is 1. The number of hydrogen-bond acceptors (Lipinski definition) is 3. The van der Waals surface area contributed by atoms with E-state index in [0.717, 1.165) is 6.07 Å². The van der Waals surface area contributed by atoms with Crippen LogP contribution in [0.4, 0.5) is 17.6 Å². The maximum absolute atomic E-state index is 12.7. The fourth-order valence-corrected chi connectivity index (χ4v) is 0.867. The van der Waals surface area contributed by atoms with Crippen LogP contribution < -0.4 is 4.74 Å². The molecule has 0 spiro atoms. The number of hydrogen-bond donors (Lipinski definition) is 0. The zero-order chi connectivity index (χ0) is 11.5. The van der Waals surface area contributed by atoms with Crippen LogP contribution in [-0.4, -0.2) is 11.3 Å². The molecule has 0 aliphatic carbocycles. The van der Waals surface area contributed by atoms with Gasteiger partial charge in [-0.25, -0.2) is 9.37 Å². The van der Waals surface area contributed by atoms with Gasteiger partial charge in [-0.1, -0.05) is 0 Å². The van der Waals surface area contributed by atoms with Crippen molar-refractivity contribution in [2.24, 2.45) is 0 Å². The van der Waals surface area contributed by atoms with E-state index in [0.29, 0.717) is 6.07 Å². The van der Waals surface area contributed by atoms with Gasteiger partial charge in [0.1, 0.15) is 5.82 Å². The van der Waals surface area contributed by atoms with E-state index < -0.39 is 18.1 Å². The van der Waals surface area contributed by atoms with E-state index in [1.165, 1.54) is 0 Å². The Morgan fingerprint density at radius 1 is 1.40 bits per heavy atom. The van der Waals surface area contributed by atoms with Crippen LogP contribution in [0.5, 0.6) is 5.88 Å². The van der Waals surface area contributed by atoms with Crippen molar-refractivity contribution in [2.75, 3.05) is 0 Å². The second kappa shape index (κ2) is 4.13. The second-order valence-corrected chi connectivity index (χ2v) is 2.50. The minimum Gasteiger partial charge on any atom is -0.388 e. The topological polar surface area (TPSA) is 45.9 Å². The molecule has 0 N–H and O–H groups in total. The molecule has 3 nitrogen and oxygen atoms in total. The van der Waals surface area contributed by atoms with Crippen molar-refractivity contribution < 1.29 is 22.3 Å². The lowest BCUT2D eigenvalue weighted by Crippen LogP contribution is -2.18. The van der Waals surface area contributed by atoms with E-state index >= 15 is 0 Å². The number of nitriles is 1. The summed E-state index contributed by atoms with van der Waals surface area (Å²) in [7, 11) is 0. The third-order valence-corrected chi connectivity index (χ3v) is 1.30. The number of halogens is 4. The zero-order valence-corrected chi connectivity index (χ0v) is 7.18. The van der Waals surface area contributed by atoms with Gasteiger partial charge in [0.15, 0.2) is 0 Å². The summed E-state index contributed by atoms with van der Waals surface area (Å²) >= 11 is 0. The first kappa shape index (κ1) is 11.2. The average Bonchev–Trinajstić information content (AvgIpc) is 1.99. The first-order valence-electron chi connectivity index (χ1n) is 3.70. The number of nitrogens with zero attached hydrogens (tertiary/aromatic N) is 2. The number of ether oxygens (including phenoxy) is 1. The van der Waals surface area contributed by atoms with E-state index in [2.05, 4.69) is 9.72 Å². The molecule has 7 heteroatoms. The molecular weight excluding hydrogens is 216 g/mol. The van der Waals surface area contributed by atoms with E-state index in [1.54, 1.807) is 6.07 Å². The quantitative estimate of drug-likeness (QED) is 0.717. The van der Waals surface area contributed by atoms with Crippen molar-refractivity contribution in [3.05, 3.63) is 23.6 Å². The lowest BCUT2D eigenvalue weighted by Gasteiger charge is -2.08. The van der Waals surface area contributed by atoms with Gasteiger partial charge in [0.2, 0.25) is 5.88 Å². The summed E-state index contributed by atoms with van der Waals surface area (Å²) in [5.74, 6) is -1.85. The van der Waals surface area contributed by atoms with Crippen LogP contribution in [-0.2, 0) is 6.42 Å². The van der Waals surface area contributed by atoms with Crippen LogP contribution in [0.1, 0.15) is 5.69 Å². The van der Waals surface area contributed by atoms with Crippen LogP contribution in [0.2, 0.25) is 0 Å². The summed E-state index contributed by atoms with van der Waals surface area (Å²) in [6.07, 6.45) is -5.21. The molecule has 0 bridgehead atoms. The summed E-state index contributed by atoms with van der Waals surface area (Å²) in [5.41, 5.74) is -0.114. The number of alkyl halides is 3. The van der Waals surface area contributed by atoms with Gasteiger partial charge >= 0.3 is 6.36 Å². The smallest absolute Gasteiger partial charge is 0.388 e. The highest BCUT2D eigenvalue weighted by atomic mass is 19.4. The lowest BCUT2D eigenvalue weighted by atomic mass is 10.3. The van der Waals surface area contributed by atoms with Crippen molar-refractivity contribution in [2.45, 2.75) is 12.8 Å². The Morgan fingerprint density at radius 3 is 2.60 bits per heavy atom. The minimum absolute atomic E-state index is 0.114. The predicted octanol–water partition coefficient (Wildman–Crippen LogP) is 2.19. The van der Waals surface area contributed by atoms with Crippen LogP contribution >= 0.6 is 0 Å². The van der Waals surface area contributed by atoms with Gasteiger partial charge in [-0.15, -0.1) is 13.2 Å². The molecule has 0 amide bonds. The van der Waals surface area contributed by atoms with Crippen molar-refractivity contribution in [3.8, 4) is 11.9 Å². The van der Waals surface area contributed by atoms with Gasteiger partial charge in [-0.05, 0) is 6.07 Å². The Balaban J connectivity index is 2.95. The van der Waals surface area contributed by atoms with Gasteiger partial charge in [0.25, 0.3) is 0 Å². The van der Waals surface area contributed by atoms with Crippen LogP contribution in [0, 0.1) is 17.1 Å². The molecule has 0 saturated heterocycles. The molecule has 0 aliphatic heterocycles. The molecule has 0 aromatic carbocycles. The van der Waals surface area contributed by atoms with Crippen molar-refractivity contribution in [1.82, 2.24) is 4.98 Å². The molecule has 1 aromatic rings. The fourth-order valence-electron chi connectivity index (χ4n) is 0.867. The highest BCUT2D eigenvalue weighted by Gasteiger charge is 2.32. The monoisotopic (exact) mass is 220 g/mol. The van der Waals surface area contributed by atoms with Crippen molar-refractivity contribution >= 4 is 0 Å². The van der Waals surface area contributed by atoms with Gasteiger partial charge in [-0.3, -0.25) is 0 Å². The highest BCUT2D eigenvalue weighted by molar-refractivity contribution is 5.19. The summed E-state index contributed by atoms with van der Waals surface area (Å²) in [5, 5.41) is 8.26. The largest absolute Gasteiger partial charge is 0.574 e. The Hall–Kier alpha value is -1.84. The lowest BCUT2D eigenvalue weighted by molar-refractivity contribution is -0.276. The van der Waals surface area contributed by atoms with E-state index in [-0.39, 0.29) is 12.1 Å². The molecular formula is C8H4F4N2O. The van der Waals surface area contributed by atoms with E-state index in [9.17, 15) is 17.6 Å². The second-order valence-electron chi connectivity index (χ2n) is 2.50. The van der Waals surface area contributed by atoms with Crippen molar-refractivity contribution in [1.29, 1.82) is 5.26 Å². The minimum atomic E-state index is -4.93. The molecule has 80 valence electrons. The Labute approximate surface area is 81.9 Å². The molecule has 0 aliphatic rings. The molecule has 0 unspecified atom stereocenters. The van der Waals surface area contributed by atoms with Gasteiger partial charge < -0.3 is 4.74 Å². The van der Waals surface area contributed by atoms with Crippen LogP contribution in [0.3, 0.4) is 0 Å². The van der Waals surface area contributed by atoms with E-state index in [1.807, 2.05) is 0 Å². The highest BCUT2D eigenvalue weighted by Crippen LogP contribution is 2.21. The molecule has 0 radical (unpaired) electrons. The first-order valence-corrected chi connectivity index (χ1v) is 3.70. The maximum Gasteiger partial charge on any atom is 0.574 e. The van der Waals surface area contributed by atoms with Crippen molar-refractivity contribution in [3.63, 3.8) is 0 Å². The standard InChI is InChI=1S/C8H4F4N2O/c9-5-3-6(1-2-13)14-7(4-5)15-8(10,11)12/h3-4H,1H2. The SMILES string of the molecule is N#CCc1cc(F)cc(OC(F)(F)F)n1. The summed E-state index contributed by atoms with van der Waals surface area (Å²) in [6.45, 7) is 0. The molecule has 1 heterocycles. The maximum atomic E-state index is 12.7. The number of pyridine rings is 1. The van der Waals surface area contributed by atoms with Crippen LogP contribution in [0.15, 0.2) is 12.1 Å². The summed E-state index contributed by atoms with van der Waals surface area (Å²) < 4.78 is 51.4.